The monoisotopic (exact) mass is 323 g/mol. The number of methoxy groups -OCH3 is 1. The Morgan fingerprint density at radius 2 is 2.19 bits per heavy atom. The van der Waals surface area contributed by atoms with Crippen LogP contribution in [0.15, 0.2) is 23.6 Å². The predicted octanol–water partition coefficient (Wildman–Crippen LogP) is 4.38. The van der Waals surface area contributed by atoms with E-state index >= 15 is 0 Å². The van der Waals surface area contributed by atoms with Crippen molar-refractivity contribution < 1.29 is 9.53 Å². The van der Waals surface area contributed by atoms with E-state index in [1.165, 1.54) is 22.4 Å². The normalized spacial score (nSPS) is 13.9. The molecule has 5 heteroatoms. The van der Waals surface area contributed by atoms with Crippen LogP contribution < -0.4 is 5.32 Å². The molecule has 3 nitrogen and oxygen atoms in total. The number of aryl methyl sites for hydroxylation is 2. The summed E-state index contributed by atoms with van der Waals surface area (Å²) in [6.07, 6.45) is 0.351. The summed E-state index contributed by atoms with van der Waals surface area (Å²) in [4.78, 5) is 15.5. The van der Waals surface area contributed by atoms with Crippen molar-refractivity contribution in [1.82, 2.24) is 5.32 Å². The maximum absolute atomic E-state index is 11.7. The smallest absolute Gasteiger partial charge is 0.307 e. The summed E-state index contributed by atoms with van der Waals surface area (Å²) in [7, 11) is 1.43. The third-order valence-corrected chi connectivity index (χ3v) is 5.45. The Kier molecular flexibility index (Phi) is 5.56. The summed E-state index contributed by atoms with van der Waals surface area (Å²) < 4.78 is 4.82. The Balaban J connectivity index is 2.14. The highest BCUT2D eigenvalue weighted by atomic mass is 32.1. The van der Waals surface area contributed by atoms with Gasteiger partial charge in [-0.2, -0.15) is 0 Å². The number of thiophene rings is 2. The lowest BCUT2D eigenvalue weighted by atomic mass is 10.1. The molecule has 0 aliphatic carbocycles. The van der Waals surface area contributed by atoms with Gasteiger partial charge in [0.15, 0.2) is 0 Å². The summed E-state index contributed by atoms with van der Waals surface area (Å²) in [5, 5.41) is 5.60. The van der Waals surface area contributed by atoms with E-state index in [9.17, 15) is 4.79 Å². The molecule has 1 N–H and O–H groups in total. The van der Waals surface area contributed by atoms with Crippen LogP contribution in [0, 0.1) is 13.8 Å². The van der Waals surface area contributed by atoms with Crippen molar-refractivity contribution in [3.8, 4) is 0 Å². The molecule has 114 valence electrons. The van der Waals surface area contributed by atoms with E-state index in [-0.39, 0.29) is 18.1 Å². The number of carbonyl (C=O) groups excluding carboxylic acids is 1. The van der Waals surface area contributed by atoms with Crippen molar-refractivity contribution >= 4 is 28.6 Å². The van der Waals surface area contributed by atoms with Gasteiger partial charge in [-0.15, -0.1) is 22.7 Å². The van der Waals surface area contributed by atoms with Gasteiger partial charge in [-0.25, -0.2) is 0 Å². The van der Waals surface area contributed by atoms with Crippen molar-refractivity contribution in [3.05, 3.63) is 43.8 Å². The molecule has 0 fully saturated rings. The first kappa shape index (κ1) is 16.2. The second-order valence-corrected chi connectivity index (χ2v) is 7.54. The minimum atomic E-state index is -0.189. The van der Waals surface area contributed by atoms with Crippen LogP contribution in [0.1, 0.15) is 45.6 Å². The van der Waals surface area contributed by atoms with Crippen LogP contribution in [0.5, 0.6) is 0 Å². The summed E-state index contributed by atoms with van der Waals surface area (Å²) in [6, 6.07) is 6.49. The van der Waals surface area contributed by atoms with Gasteiger partial charge in [0.1, 0.15) is 0 Å². The molecule has 0 spiro atoms. The molecule has 0 amide bonds. The topological polar surface area (TPSA) is 38.3 Å². The van der Waals surface area contributed by atoms with Crippen LogP contribution >= 0.6 is 22.7 Å². The Labute approximate surface area is 134 Å². The van der Waals surface area contributed by atoms with Gasteiger partial charge in [0.05, 0.1) is 19.6 Å². The van der Waals surface area contributed by atoms with E-state index in [1.807, 2.05) is 22.8 Å². The molecule has 0 aromatic carbocycles. The zero-order valence-corrected chi connectivity index (χ0v) is 14.4. The van der Waals surface area contributed by atoms with Crippen molar-refractivity contribution in [1.29, 1.82) is 0 Å². The first-order chi connectivity index (χ1) is 10.0. The van der Waals surface area contributed by atoms with E-state index < -0.39 is 0 Å². The van der Waals surface area contributed by atoms with Gasteiger partial charge in [-0.1, -0.05) is 6.07 Å². The predicted molar refractivity (Wildman–Crippen MR) is 89.0 cm³/mol. The largest absolute Gasteiger partial charge is 0.469 e. The molecule has 0 saturated carbocycles. The maximum Gasteiger partial charge on any atom is 0.307 e. The Morgan fingerprint density at radius 3 is 2.71 bits per heavy atom. The number of hydrogen-bond acceptors (Lipinski definition) is 5. The highest BCUT2D eigenvalue weighted by Crippen LogP contribution is 2.30. The third kappa shape index (κ3) is 4.15. The number of esters is 1. The van der Waals surface area contributed by atoms with Gasteiger partial charge in [-0.3, -0.25) is 4.79 Å². The summed E-state index contributed by atoms with van der Waals surface area (Å²) in [5.41, 5.74) is 1.31. The van der Waals surface area contributed by atoms with Crippen molar-refractivity contribution in [2.24, 2.45) is 0 Å². The van der Waals surface area contributed by atoms with E-state index in [4.69, 9.17) is 4.74 Å². The van der Waals surface area contributed by atoms with Gasteiger partial charge in [0.2, 0.25) is 0 Å². The fourth-order valence-electron chi connectivity index (χ4n) is 2.45. The number of hydrogen-bond donors (Lipinski definition) is 1. The van der Waals surface area contributed by atoms with Crippen LogP contribution in [0.2, 0.25) is 0 Å². The van der Waals surface area contributed by atoms with Crippen molar-refractivity contribution in [2.45, 2.75) is 39.3 Å². The fourth-order valence-corrected chi connectivity index (χ4v) is 4.26. The standard InChI is InChI=1S/C16H21NO2S2/c1-10-8-13(12(3)21-10)11(2)17-14(9-16(18)19-4)15-6-5-7-20-15/h5-8,11,14,17H,9H2,1-4H3. The molecule has 2 atom stereocenters. The molecular formula is C16H21NO2S2. The molecule has 2 aromatic rings. The first-order valence-electron chi connectivity index (χ1n) is 6.94. The molecular weight excluding hydrogens is 302 g/mol. The number of rotatable bonds is 6. The first-order valence-corrected chi connectivity index (χ1v) is 8.64. The van der Waals surface area contributed by atoms with Crippen LogP contribution in [-0.2, 0) is 9.53 Å². The Bertz CT molecular complexity index is 589. The minimum Gasteiger partial charge on any atom is -0.469 e. The summed E-state index contributed by atoms with van der Waals surface area (Å²) >= 11 is 3.47. The SMILES string of the molecule is COC(=O)CC(NC(C)c1cc(C)sc1C)c1cccs1. The lowest BCUT2D eigenvalue weighted by Gasteiger charge is -2.22. The van der Waals surface area contributed by atoms with Gasteiger partial charge in [-0.05, 0) is 43.8 Å². The van der Waals surface area contributed by atoms with E-state index in [0.717, 1.165) is 4.88 Å². The van der Waals surface area contributed by atoms with E-state index in [1.54, 1.807) is 11.3 Å². The lowest BCUT2D eigenvalue weighted by Crippen LogP contribution is -2.26. The molecule has 0 bridgehead atoms. The summed E-state index contributed by atoms with van der Waals surface area (Å²) in [5.74, 6) is -0.189. The molecule has 2 unspecified atom stereocenters. The lowest BCUT2D eigenvalue weighted by molar-refractivity contribution is -0.141. The molecule has 21 heavy (non-hydrogen) atoms. The fraction of sp³-hybridized carbons (Fsp3) is 0.438. The highest BCUT2D eigenvalue weighted by Gasteiger charge is 2.21. The molecule has 0 aliphatic heterocycles. The van der Waals surface area contributed by atoms with Crippen molar-refractivity contribution in [2.75, 3.05) is 7.11 Å². The number of ether oxygens (including phenoxy) is 1. The van der Waals surface area contributed by atoms with Gasteiger partial charge >= 0.3 is 5.97 Å². The van der Waals surface area contributed by atoms with Crippen LogP contribution in [-0.4, -0.2) is 13.1 Å². The van der Waals surface area contributed by atoms with Crippen LogP contribution in [0.25, 0.3) is 0 Å². The maximum atomic E-state index is 11.7. The Morgan fingerprint density at radius 1 is 1.43 bits per heavy atom. The van der Waals surface area contributed by atoms with Gasteiger partial charge in [0.25, 0.3) is 0 Å². The molecule has 0 radical (unpaired) electrons. The number of carbonyl (C=O) groups is 1. The van der Waals surface area contributed by atoms with Crippen LogP contribution in [0.4, 0.5) is 0 Å². The third-order valence-electron chi connectivity index (χ3n) is 3.48. The minimum absolute atomic E-state index is 0.00736. The van der Waals surface area contributed by atoms with Crippen molar-refractivity contribution in [3.63, 3.8) is 0 Å². The number of nitrogens with one attached hydrogen (secondary N) is 1. The van der Waals surface area contributed by atoms with E-state index in [0.29, 0.717) is 6.42 Å². The zero-order valence-electron chi connectivity index (χ0n) is 12.8. The van der Waals surface area contributed by atoms with Crippen LogP contribution in [0.3, 0.4) is 0 Å². The molecule has 2 aromatic heterocycles. The average Bonchev–Trinajstić information content (AvgIpc) is 3.07. The molecule has 0 aliphatic rings. The zero-order chi connectivity index (χ0) is 15.4. The Hall–Kier alpha value is -1.17. The van der Waals surface area contributed by atoms with Gasteiger partial charge in [0, 0.05) is 20.7 Å². The molecule has 2 heterocycles. The highest BCUT2D eigenvalue weighted by molar-refractivity contribution is 7.12. The van der Waals surface area contributed by atoms with E-state index in [2.05, 4.69) is 38.2 Å². The molecule has 0 saturated heterocycles. The quantitative estimate of drug-likeness (QED) is 0.802. The molecule has 2 rings (SSSR count). The second-order valence-electron chi connectivity index (χ2n) is 5.11. The second kappa shape index (κ2) is 7.20. The van der Waals surface area contributed by atoms with Gasteiger partial charge < -0.3 is 10.1 Å². The summed E-state index contributed by atoms with van der Waals surface area (Å²) in [6.45, 7) is 6.41. The average molecular weight is 323 g/mol.